The van der Waals surface area contributed by atoms with Crippen LogP contribution in [-0.2, 0) is 16.0 Å². The summed E-state index contributed by atoms with van der Waals surface area (Å²) in [7, 11) is 1.61. The largest absolute Gasteiger partial charge is 0.495 e. The van der Waals surface area contributed by atoms with E-state index in [2.05, 4.69) is 17.1 Å². The average Bonchev–Trinajstić information content (AvgIpc) is 3.09. The van der Waals surface area contributed by atoms with Crippen LogP contribution in [0.2, 0.25) is 0 Å². The maximum atomic E-state index is 12.2. The van der Waals surface area contributed by atoms with E-state index in [4.69, 9.17) is 9.47 Å². The van der Waals surface area contributed by atoms with Crippen LogP contribution in [-0.4, -0.2) is 24.2 Å². The lowest BCUT2D eigenvalue weighted by molar-refractivity contribution is -0.149. The van der Waals surface area contributed by atoms with Gasteiger partial charge in [-0.3, -0.25) is 9.78 Å². The number of aryl methyl sites for hydroxylation is 1. The number of carbonyl (C=O) groups is 1. The zero-order valence-electron chi connectivity index (χ0n) is 14.0. The van der Waals surface area contributed by atoms with E-state index in [1.54, 1.807) is 19.5 Å². The van der Waals surface area contributed by atoms with Crippen LogP contribution in [0.3, 0.4) is 0 Å². The lowest BCUT2D eigenvalue weighted by atomic mass is 9.96. The third-order valence-electron chi connectivity index (χ3n) is 4.59. The van der Waals surface area contributed by atoms with Crippen LogP contribution in [0.25, 0.3) is 0 Å². The number of methoxy groups -OCH3 is 1. The summed E-state index contributed by atoms with van der Waals surface area (Å²) in [4.78, 5) is 16.3. The molecule has 1 aliphatic rings. The minimum Gasteiger partial charge on any atom is -0.495 e. The number of benzene rings is 1. The van der Waals surface area contributed by atoms with E-state index < -0.39 is 0 Å². The Labute approximate surface area is 142 Å². The van der Waals surface area contributed by atoms with Crippen molar-refractivity contribution in [3.05, 3.63) is 59.9 Å². The molecule has 2 aromatic rings. The molecule has 2 atom stereocenters. The molecule has 1 aromatic carbocycles. The highest BCUT2D eigenvalue weighted by atomic mass is 16.5. The van der Waals surface area contributed by atoms with E-state index in [1.807, 2.05) is 24.3 Å². The number of pyridine rings is 1. The third kappa shape index (κ3) is 4.13. The summed E-state index contributed by atoms with van der Waals surface area (Å²) in [6, 6.07) is 12.3. The van der Waals surface area contributed by atoms with Gasteiger partial charge in [-0.2, -0.15) is 0 Å². The number of nitrogens with zero attached hydrogens (tertiary/aromatic N) is 1. The Morgan fingerprint density at radius 2 is 2.04 bits per heavy atom. The van der Waals surface area contributed by atoms with Crippen molar-refractivity contribution in [2.24, 2.45) is 0 Å². The first kappa shape index (κ1) is 16.5. The molecule has 0 bridgehead atoms. The van der Waals surface area contributed by atoms with Gasteiger partial charge < -0.3 is 9.47 Å². The molecule has 0 spiro atoms. The molecule has 1 aliphatic carbocycles. The fourth-order valence-corrected chi connectivity index (χ4v) is 3.33. The van der Waals surface area contributed by atoms with E-state index in [-0.39, 0.29) is 12.1 Å². The molecule has 4 heteroatoms. The van der Waals surface area contributed by atoms with Gasteiger partial charge in [-0.15, -0.1) is 0 Å². The number of rotatable bonds is 6. The molecule has 0 saturated heterocycles. The van der Waals surface area contributed by atoms with Gasteiger partial charge in [-0.1, -0.05) is 30.3 Å². The first-order chi connectivity index (χ1) is 11.8. The van der Waals surface area contributed by atoms with Gasteiger partial charge in [-0.05, 0) is 42.9 Å². The highest BCUT2D eigenvalue weighted by Gasteiger charge is 2.31. The summed E-state index contributed by atoms with van der Waals surface area (Å²) in [6.45, 7) is 0. The van der Waals surface area contributed by atoms with Gasteiger partial charge in [0.1, 0.15) is 11.9 Å². The first-order valence-electron chi connectivity index (χ1n) is 8.48. The number of aromatic nitrogens is 1. The monoisotopic (exact) mass is 325 g/mol. The summed E-state index contributed by atoms with van der Waals surface area (Å²) in [5.41, 5.74) is 2.25. The second-order valence-corrected chi connectivity index (χ2v) is 6.21. The Balaban J connectivity index is 1.54. The molecule has 4 nitrogen and oxygen atoms in total. The molecule has 3 rings (SSSR count). The minimum absolute atomic E-state index is 0.00309. The van der Waals surface area contributed by atoms with Crippen LogP contribution in [0.5, 0.6) is 5.75 Å². The van der Waals surface area contributed by atoms with Crippen molar-refractivity contribution in [2.45, 2.75) is 44.1 Å². The van der Waals surface area contributed by atoms with E-state index in [9.17, 15) is 4.79 Å². The Morgan fingerprint density at radius 3 is 2.83 bits per heavy atom. The Bertz CT molecular complexity index is 672. The number of esters is 1. The summed E-state index contributed by atoms with van der Waals surface area (Å²) in [5, 5.41) is 0. The third-order valence-corrected chi connectivity index (χ3v) is 4.59. The topological polar surface area (TPSA) is 48.4 Å². The normalized spacial score (nSPS) is 19.9. The number of hydrogen-bond donors (Lipinski definition) is 0. The SMILES string of the molecule is COc1cncc(CCC(=O)O[C@H]2CCC[C@@H]2c2ccccc2)c1. The molecule has 0 radical (unpaired) electrons. The molecular formula is C20H23NO3. The lowest BCUT2D eigenvalue weighted by Gasteiger charge is -2.20. The molecule has 0 unspecified atom stereocenters. The number of hydrogen-bond acceptors (Lipinski definition) is 4. The Morgan fingerprint density at radius 1 is 1.21 bits per heavy atom. The van der Waals surface area contributed by atoms with Crippen LogP contribution in [0.1, 0.15) is 42.7 Å². The van der Waals surface area contributed by atoms with Gasteiger partial charge in [0.25, 0.3) is 0 Å². The fourth-order valence-electron chi connectivity index (χ4n) is 3.33. The zero-order chi connectivity index (χ0) is 16.8. The lowest BCUT2D eigenvalue weighted by Crippen LogP contribution is -2.21. The van der Waals surface area contributed by atoms with E-state index >= 15 is 0 Å². The maximum Gasteiger partial charge on any atom is 0.306 e. The standard InChI is InChI=1S/C20H23NO3/c1-23-17-12-15(13-21-14-17)10-11-20(22)24-19-9-5-8-18(19)16-6-3-2-4-7-16/h2-4,6-7,12-14,18-19H,5,8-11H2,1H3/t18-,19+/m1/s1. The van der Waals surface area contributed by atoms with E-state index in [1.165, 1.54) is 5.56 Å². The smallest absolute Gasteiger partial charge is 0.306 e. The van der Waals surface area contributed by atoms with Gasteiger partial charge in [0.15, 0.2) is 0 Å². The molecule has 24 heavy (non-hydrogen) atoms. The molecule has 1 aromatic heterocycles. The van der Waals surface area contributed by atoms with E-state index in [0.29, 0.717) is 24.5 Å². The molecule has 0 aliphatic heterocycles. The zero-order valence-corrected chi connectivity index (χ0v) is 14.0. The van der Waals surface area contributed by atoms with Crippen molar-refractivity contribution in [3.63, 3.8) is 0 Å². The van der Waals surface area contributed by atoms with Crippen LogP contribution in [0.4, 0.5) is 0 Å². The molecule has 1 fully saturated rings. The van der Waals surface area contributed by atoms with Gasteiger partial charge in [-0.25, -0.2) is 0 Å². The van der Waals surface area contributed by atoms with Crippen LogP contribution < -0.4 is 4.74 Å². The molecule has 0 amide bonds. The molecule has 1 heterocycles. The summed E-state index contributed by atoms with van der Waals surface area (Å²) in [6.07, 6.45) is 7.55. The van der Waals surface area contributed by atoms with Crippen LogP contribution in [0.15, 0.2) is 48.8 Å². The maximum absolute atomic E-state index is 12.2. The summed E-state index contributed by atoms with van der Waals surface area (Å²) >= 11 is 0. The van der Waals surface area contributed by atoms with Crippen molar-refractivity contribution < 1.29 is 14.3 Å². The van der Waals surface area contributed by atoms with Gasteiger partial charge in [0, 0.05) is 18.5 Å². The predicted molar refractivity (Wildman–Crippen MR) is 92.0 cm³/mol. The molecule has 126 valence electrons. The predicted octanol–water partition coefficient (Wildman–Crippen LogP) is 3.90. The van der Waals surface area contributed by atoms with Gasteiger partial charge >= 0.3 is 5.97 Å². The summed E-state index contributed by atoms with van der Waals surface area (Å²) in [5.74, 6) is 0.903. The van der Waals surface area contributed by atoms with Gasteiger partial charge in [0.05, 0.1) is 13.3 Å². The quantitative estimate of drug-likeness (QED) is 0.756. The van der Waals surface area contributed by atoms with Gasteiger partial charge in [0.2, 0.25) is 0 Å². The minimum atomic E-state index is -0.134. The fraction of sp³-hybridized carbons (Fsp3) is 0.400. The first-order valence-corrected chi connectivity index (χ1v) is 8.48. The molecular weight excluding hydrogens is 302 g/mol. The Hall–Kier alpha value is -2.36. The average molecular weight is 325 g/mol. The number of carbonyl (C=O) groups excluding carboxylic acids is 1. The van der Waals surface area contributed by atoms with Crippen molar-refractivity contribution >= 4 is 5.97 Å². The summed E-state index contributed by atoms with van der Waals surface area (Å²) < 4.78 is 10.9. The second kappa shape index (κ2) is 7.95. The Kier molecular flexibility index (Phi) is 5.47. The van der Waals surface area contributed by atoms with Crippen molar-refractivity contribution in [2.75, 3.05) is 7.11 Å². The van der Waals surface area contributed by atoms with Crippen molar-refractivity contribution in [1.29, 1.82) is 0 Å². The highest BCUT2D eigenvalue weighted by molar-refractivity contribution is 5.70. The highest BCUT2D eigenvalue weighted by Crippen LogP contribution is 2.36. The molecule has 1 saturated carbocycles. The second-order valence-electron chi connectivity index (χ2n) is 6.21. The van der Waals surface area contributed by atoms with Crippen LogP contribution >= 0.6 is 0 Å². The number of ether oxygens (including phenoxy) is 2. The molecule has 0 N–H and O–H groups in total. The van der Waals surface area contributed by atoms with Crippen molar-refractivity contribution in [1.82, 2.24) is 4.98 Å². The van der Waals surface area contributed by atoms with Crippen LogP contribution in [0, 0.1) is 0 Å². The van der Waals surface area contributed by atoms with E-state index in [0.717, 1.165) is 24.8 Å². The van der Waals surface area contributed by atoms with Crippen molar-refractivity contribution in [3.8, 4) is 5.75 Å².